The summed E-state index contributed by atoms with van der Waals surface area (Å²) < 4.78 is 5.21. The standard InChI is InChI=1S/C12H21N3O/c1-2-5-11-14-12(16-15-11)8-10(13)9-6-3-4-7-9/h9-10H,2-8,13H2,1H3. The van der Waals surface area contributed by atoms with E-state index in [2.05, 4.69) is 17.1 Å². The Morgan fingerprint density at radius 2 is 2.19 bits per heavy atom. The molecule has 1 aromatic rings. The lowest BCUT2D eigenvalue weighted by molar-refractivity contribution is 0.338. The van der Waals surface area contributed by atoms with E-state index in [-0.39, 0.29) is 6.04 Å². The van der Waals surface area contributed by atoms with Crippen LogP contribution in [0.3, 0.4) is 0 Å². The van der Waals surface area contributed by atoms with Crippen molar-refractivity contribution < 1.29 is 4.52 Å². The maximum Gasteiger partial charge on any atom is 0.228 e. The highest BCUT2D eigenvalue weighted by molar-refractivity contribution is 4.91. The first kappa shape index (κ1) is 11.6. The number of hydrogen-bond acceptors (Lipinski definition) is 4. The van der Waals surface area contributed by atoms with Crippen LogP contribution in [0.15, 0.2) is 4.52 Å². The summed E-state index contributed by atoms with van der Waals surface area (Å²) in [6.45, 7) is 2.11. The van der Waals surface area contributed by atoms with Crippen molar-refractivity contribution in [3.63, 3.8) is 0 Å². The molecule has 90 valence electrons. The summed E-state index contributed by atoms with van der Waals surface area (Å²) in [7, 11) is 0. The Labute approximate surface area is 96.6 Å². The summed E-state index contributed by atoms with van der Waals surface area (Å²) in [5.41, 5.74) is 6.17. The normalized spacial score (nSPS) is 19.1. The molecular weight excluding hydrogens is 202 g/mol. The first-order valence-electron chi connectivity index (χ1n) is 6.36. The molecule has 16 heavy (non-hydrogen) atoms. The number of aryl methyl sites for hydroxylation is 1. The molecule has 1 saturated carbocycles. The van der Waals surface area contributed by atoms with Gasteiger partial charge in [-0.05, 0) is 25.2 Å². The lowest BCUT2D eigenvalue weighted by Gasteiger charge is -2.16. The van der Waals surface area contributed by atoms with Crippen LogP contribution < -0.4 is 5.73 Å². The zero-order valence-electron chi connectivity index (χ0n) is 9.98. The van der Waals surface area contributed by atoms with E-state index in [0.29, 0.717) is 11.8 Å². The zero-order valence-corrected chi connectivity index (χ0v) is 9.98. The summed E-state index contributed by atoms with van der Waals surface area (Å²) in [6.07, 6.45) is 7.85. The minimum Gasteiger partial charge on any atom is -0.339 e. The summed E-state index contributed by atoms with van der Waals surface area (Å²) >= 11 is 0. The van der Waals surface area contributed by atoms with E-state index in [1.165, 1.54) is 25.7 Å². The van der Waals surface area contributed by atoms with Crippen LogP contribution in [0.4, 0.5) is 0 Å². The summed E-state index contributed by atoms with van der Waals surface area (Å²) in [4.78, 5) is 4.35. The molecule has 1 aliphatic rings. The van der Waals surface area contributed by atoms with Crippen LogP contribution in [0.25, 0.3) is 0 Å². The van der Waals surface area contributed by atoms with Gasteiger partial charge in [0, 0.05) is 18.9 Å². The SMILES string of the molecule is CCCc1noc(CC(N)C2CCCC2)n1. The molecule has 1 unspecified atom stereocenters. The monoisotopic (exact) mass is 223 g/mol. The van der Waals surface area contributed by atoms with Crippen molar-refractivity contribution in [2.75, 3.05) is 0 Å². The van der Waals surface area contributed by atoms with Crippen LogP contribution in [0, 0.1) is 5.92 Å². The second-order valence-corrected chi connectivity index (χ2v) is 4.77. The molecule has 1 fully saturated rings. The summed E-state index contributed by atoms with van der Waals surface area (Å²) in [5, 5.41) is 3.94. The molecule has 1 aromatic heterocycles. The third-order valence-electron chi connectivity index (χ3n) is 3.40. The molecular formula is C12H21N3O. The minimum atomic E-state index is 0.192. The molecule has 0 saturated heterocycles. The number of hydrogen-bond donors (Lipinski definition) is 1. The Hall–Kier alpha value is -0.900. The second kappa shape index (κ2) is 5.43. The van der Waals surface area contributed by atoms with Gasteiger partial charge in [0.1, 0.15) is 0 Å². The maximum absolute atomic E-state index is 6.17. The number of aromatic nitrogens is 2. The van der Waals surface area contributed by atoms with Gasteiger partial charge in [-0.3, -0.25) is 0 Å². The highest BCUT2D eigenvalue weighted by atomic mass is 16.5. The molecule has 0 aliphatic heterocycles. The fourth-order valence-electron chi connectivity index (χ4n) is 2.45. The highest BCUT2D eigenvalue weighted by Gasteiger charge is 2.23. The van der Waals surface area contributed by atoms with Crippen LogP contribution in [0.5, 0.6) is 0 Å². The number of nitrogens with two attached hydrogens (primary N) is 1. The van der Waals surface area contributed by atoms with Crippen LogP contribution in [-0.4, -0.2) is 16.2 Å². The van der Waals surface area contributed by atoms with E-state index in [4.69, 9.17) is 10.3 Å². The Bertz CT molecular complexity index is 318. The second-order valence-electron chi connectivity index (χ2n) is 4.77. The molecule has 2 rings (SSSR count). The number of rotatable bonds is 5. The van der Waals surface area contributed by atoms with Gasteiger partial charge in [-0.2, -0.15) is 4.98 Å². The van der Waals surface area contributed by atoms with Crippen molar-refractivity contribution in [2.45, 2.75) is 57.9 Å². The third kappa shape index (κ3) is 2.82. The van der Waals surface area contributed by atoms with E-state index in [9.17, 15) is 0 Å². The van der Waals surface area contributed by atoms with Crippen LogP contribution in [0.1, 0.15) is 50.7 Å². The average Bonchev–Trinajstić information content (AvgIpc) is 2.89. The van der Waals surface area contributed by atoms with Crippen molar-refractivity contribution in [3.8, 4) is 0 Å². The van der Waals surface area contributed by atoms with Crippen molar-refractivity contribution in [3.05, 3.63) is 11.7 Å². The van der Waals surface area contributed by atoms with Gasteiger partial charge in [0.15, 0.2) is 5.82 Å². The van der Waals surface area contributed by atoms with E-state index in [1.54, 1.807) is 0 Å². The predicted molar refractivity (Wildman–Crippen MR) is 61.9 cm³/mol. The zero-order chi connectivity index (χ0) is 11.4. The molecule has 0 amide bonds. The molecule has 1 atom stereocenters. The summed E-state index contributed by atoms with van der Waals surface area (Å²) in [5.74, 6) is 2.18. The van der Waals surface area contributed by atoms with Gasteiger partial charge in [-0.15, -0.1) is 0 Å². The Kier molecular flexibility index (Phi) is 3.93. The molecule has 0 radical (unpaired) electrons. The highest BCUT2D eigenvalue weighted by Crippen LogP contribution is 2.27. The molecule has 0 aromatic carbocycles. The van der Waals surface area contributed by atoms with Crippen molar-refractivity contribution in [2.24, 2.45) is 11.7 Å². The van der Waals surface area contributed by atoms with Crippen LogP contribution >= 0.6 is 0 Å². The van der Waals surface area contributed by atoms with E-state index >= 15 is 0 Å². The van der Waals surface area contributed by atoms with Crippen molar-refractivity contribution in [1.82, 2.24) is 10.1 Å². The van der Waals surface area contributed by atoms with Gasteiger partial charge >= 0.3 is 0 Å². The quantitative estimate of drug-likeness (QED) is 0.830. The van der Waals surface area contributed by atoms with E-state index in [1.807, 2.05) is 0 Å². The molecule has 0 bridgehead atoms. The maximum atomic E-state index is 6.17. The minimum absolute atomic E-state index is 0.192. The van der Waals surface area contributed by atoms with Gasteiger partial charge in [-0.25, -0.2) is 0 Å². The summed E-state index contributed by atoms with van der Waals surface area (Å²) in [6, 6.07) is 0.192. The topological polar surface area (TPSA) is 64.9 Å². The van der Waals surface area contributed by atoms with Gasteiger partial charge in [0.25, 0.3) is 0 Å². The Morgan fingerprint density at radius 3 is 2.88 bits per heavy atom. The smallest absolute Gasteiger partial charge is 0.228 e. The lowest BCUT2D eigenvalue weighted by Crippen LogP contribution is -2.30. The van der Waals surface area contributed by atoms with Crippen molar-refractivity contribution >= 4 is 0 Å². The fraction of sp³-hybridized carbons (Fsp3) is 0.833. The first-order chi connectivity index (χ1) is 7.79. The van der Waals surface area contributed by atoms with E-state index in [0.717, 1.165) is 25.1 Å². The molecule has 4 heteroatoms. The fourth-order valence-corrected chi connectivity index (χ4v) is 2.45. The Morgan fingerprint density at radius 1 is 1.44 bits per heavy atom. The molecule has 0 spiro atoms. The van der Waals surface area contributed by atoms with Gasteiger partial charge < -0.3 is 10.3 Å². The lowest BCUT2D eigenvalue weighted by atomic mass is 9.96. The predicted octanol–water partition coefficient (Wildman–Crippen LogP) is 2.08. The van der Waals surface area contributed by atoms with Crippen molar-refractivity contribution in [1.29, 1.82) is 0 Å². The average molecular weight is 223 g/mol. The van der Waals surface area contributed by atoms with Gasteiger partial charge in [0.05, 0.1) is 0 Å². The van der Waals surface area contributed by atoms with Gasteiger partial charge in [0.2, 0.25) is 5.89 Å². The number of nitrogens with zero attached hydrogens (tertiary/aromatic N) is 2. The molecule has 4 nitrogen and oxygen atoms in total. The van der Waals surface area contributed by atoms with Crippen LogP contribution in [0.2, 0.25) is 0 Å². The molecule has 2 N–H and O–H groups in total. The first-order valence-corrected chi connectivity index (χ1v) is 6.36. The molecule has 1 heterocycles. The third-order valence-corrected chi connectivity index (χ3v) is 3.40. The van der Waals surface area contributed by atoms with Crippen LogP contribution in [-0.2, 0) is 12.8 Å². The van der Waals surface area contributed by atoms with Gasteiger partial charge in [-0.1, -0.05) is 24.9 Å². The Balaban J connectivity index is 1.87. The van der Waals surface area contributed by atoms with E-state index < -0.39 is 0 Å². The molecule has 1 aliphatic carbocycles. The largest absolute Gasteiger partial charge is 0.339 e.